The van der Waals surface area contributed by atoms with Gasteiger partial charge in [-0.2, -0.15) is 13.2 Å². The molecule has 0 aromatic heterocycles. The van der Waals surface area contributed by atoms with Gasteiger partial charge in [-0.3, -0.25) is 9.59 Å². The number of halogens is 3. The van der Waals surface area contributed by atoms with Crippen LogP contribution < -0.4 is 0 Å². The number of alkyl halides is 3. The number of rotatable bonds is 4. The monoisotopic (exact) mass is 394 g/mol. The van der Waals surface area contributed by atoms with Gasteiger partial charge in [0, 0.05) is 12.5 Å². The summed E-state index contributed by atoms with van der Waals surface area (Å²) >= 11 is 0. The van der Waals surface area contributed by atoms with Crippen molar-refractivity contribution in [3.05, 3.63) is 47.0 Å². The molecular weight excluding hydrogens is 373 g/mol. The lowest BCUT2D eigenvalue weighted by atomic mass is 9.63. The second-order valence-corrected chi connectivity index (χ2v) is 7.68. The highest BCUT2D eigenvalue weighted by Crippen LogP contribution is 2.56. The molecule has 2 fully saturated rings. The van der Waals surface area contributed by atoms with Crippen molar-refractivity contribution in [1.82, 2.24) is 0 Å². The summed E-state index contributed by atoms with van der Waals surface area (Å²) in [6.45, 7) is 2.40. The standard InChI is InChI=1S/C21H21F3O4/c1-2-3-4-12-11-20(13-5-7-14(8-6-13)21(22,23)24)15(9-10-27-20)17-16(12)18(25)28-19(17)26/h5-8,11,15-17H,2-4,9-10H2,1H3/t15-,16+,17-,20-/m0/s1. The first kappa shape index (κ1) is 19.2. The van der Waals surface area contributed by atoms with Crippen LogP contribution in [0.15, 0.2) is 35.9 Å². The van der Waals surface area contributed by atoms with Crippen LogP contribution >= 0.6 is 0 Å². The van der Waals surface area contributed by atoms with Gasteiger partial charge in [0.2, 0.25) is 0 Å². The quantitative estimate of drug-likeness (QED) is 0.432. The summed E-state index contributed by atoms with van der Waals surface area (Å²) < 4.78 is 49.9. The van der Waals surface area contributed by atoms with Crippen LogP contribution in [0.5, 0.6) is 0 Å². The van der Waals surface area contributed by atoms with E-state index in [2.05, 4.69) is 0 Å². The van der Waals surface area contributed by atoms with Gasteiger partial charge in [-0.1, -0.05) is 31.1 Å². The third-order valence-electron chi connectivity index (χ3n) is 6.12. The van der Waals surface area contributed by atoms with Crippen LogP contribution in [0.25, 0.3) is 0 Å². The highest BCUT2D eigenvalue weighted by molar-refractivity contribution is 5.99. The van der Waals surface area contributed by atoms with Crippen molar-refractivity contribution in [2.75, 3.05) is 6.61 Å². The largest absolute Gasteiger partial charge is 0.416 e. The minimum absolute atomic E-state index is 0.335. The zero-order valence-electron chi connectivity index (χ0n) is 15.4. The molecule has 1 aliphatic carbocycles. The molecule has 0 radical (unpaired) electrons. The fraction of sp³-hybridized carbons (Fsp3) is 0.524. The normalized spacial score (nSPS) is 32.0. The molecule has 3 aliphatic rings. The van der Waals surface area contributed by atoms with E-state index in [4.69, 9.17) is 9.47 Å². The number of carbonyl (C=O) groups is 2. The lowest BCUT2D eigenvalue weighted by molar-refractivity contribution is -0.154. The van der Waals surface area contributed by atoms with Crippen molar-refractivity contribution in [1.29, 1.82) is 0 Å². The maximum Gasteiger partial charge on any atom is 0.416 e. The molecule has 0 spiro atoms. The number of hydrogen-bond donors (Lipinski definition) is 0. The Balaban J connectivity index is 1.81. The van der Waals surface area contributed by atoms with E-state index < -0.39 is 41.1 Å². The summed E-state index contributed by atoms with van der Waals surface area (Å²) in [7, 11) is 0. The molecule has 7 heteroatoms. The van der Waals surface area contributed by atoms with E-state index in [1.165, 1.54) is 12.1 Å². The second-order valence-electron chi connectivity index (χ2n) is 7.68. The van der Waals surface area contributed by atoms with E-state index >= 15 is 0 Å². The molecule has 28 heavy (non-hydrogen) atoms. The molecule has 0 N–H and O–H groups in total. The molecule has 150 valence electrons. The molecule has 4 nitrogen and oxygen atoms in total. The number of hydrogen-bond acceptors (Lipinski definition) is 4. The van der Waals surface area contributed by atoms with Gasteiger partial charge < -0.3 is 9.47 Å². The molecule has 1 aromatic carbocycles. The fourth-order valence-corrected chi connectivity index (χ4v) is 4.84. The Morgan fingerprint density at radius 1 is 1.14 bits per heavy atom. The molecule has 0 bridgehead atoms. The maximum atomic E-state index is 13.0. The van der Waals surface area contributed by atoms with Crippen molar-refractivity contribution < 1.29 is 32.2 Å². The number of ether oxygens (including phenoxy) is 2. The predicted molar refractivity (Wildman–Crippen MR) is 92.9 cm³/mol. The SMILES string of the molecule is CCCCC1=C[C@@]2(c3ccc(C(F)(F)F)cc3)OCC[C@H]2[C@@H]2C(=O)OC(=O)[C@H]12. The summed E-state index contributed by atoms with van der Waals surface area (Å²) in [5.74, 6) is -2.66. The van der Waals surface area contributed by atoms with Crippen LogP contribution in [0.2, 0.25) is 0 Å². The summed E-state index contributed by atoms with van der Waals surface area (Å²) in [4.78, 5) is 24.8. The first-order valence-electron chi connectivity index (χ1n) is 9.57. The summed E-state index contributed by atoms with van der Waals surface area (Å²) in [6.07, 6.45) is 0.373. The third-order valence-corrected chi connectivity index (χ3v) is 6.12. The lowest BCUT2D eigenvalue weighted by Crippen LogP contribution is -2.44. The Kier molecular flexibility index (Phi) is 4.61. The zero-order chi connectivity index (χ0) is 20.1. The lowest BCUT2D eigenvalue weighted by Gasteiger charge is -2.41. The second kappa shape index (κ2) is 6.72. The Morgan fingerprint density at radius 3 is 2.50 bits per heavy atom. The van der Waals surface area contributed by atoms with Crippen molar-refractivity contribution in [3.8, 4) is 0 Å². The van der Waals surface area contributed by atoms with Gasteiger partial charge in [0.1, 0.15) is 5.60 Å². The zero-order valence-corrected chi connectivity index (χ0v) is 15.4. The topological polar surface area (TPSA) is 52.6 Å². The smallest absolute Gasteiger partial charge is 0.392 e. The van der Waals surface area contributed by atoms with E-state index in [0.717, 1.165) is 30.5 Å². The molecule has 0 unspecified atom stereocenters. The Hall–Kier alpha value is -2.15. The number of cyclic esters (lactones) is 2. The number of unbranched alkanes of at least 4 members (excludes halogenated alkanes) is 1. The van der Waals surface area contributed by atoms with Gasteiger partial charge in [0.15, 0.2) is 0 Å². The minimum Gasteiger partial charge on any atom is -0.392 e. The van der Waals surface area contributed by atoms with Gasteiger partial charge in [0.05, 0.1) is 17.4 Å². The minimum atomic E-state index is -4.42. The average Bonchev–Trinajstić information content (AvgIpc) is 3.20. The van der Waals surface area contributed by atoms with E-state index in [9.17, 15) is 22.8 Å². The van der Waals surface area contributed by atoms with Crippen LogP contribution in [0.1, 0.15) is 43.7 Å². The van der Waals surface area contributed by atoms with E-state index in [0.29, 0.717) is 25.0 Å². The van der Waals surface area contributed by atoms with Crippen molar-refractivity contribution >= 4 is 11.9 Å². The number of esters is 2. The molecule has 1 aromatic rings. The highest BCUT2D eigenvalue weighted by Gasteiger charge is 2.61. The van der Waals surface area contributed by atoms with Gasteiger partial charge in [-0.25, -0.2) is 0 Å². The Bertz CT molecular complexity index is 827. The summed E-state index contributed by atoms with van der Waals surface area (Å²) in [5, 5.41) is 0. The molecule has 2 heterocycles. The number of carbonyl (C=O) groups excluding carboxylic acids is 2. The van der Waals surface area contributed by atoms with Crippen LogP contribution in [0, 0.1) is 17.8 Å². The van der Waals surface area contributed by atoms with E-state index in [1.807, 2.05) is 13.0 Å². The van der Waals surface area contributed by atoms with Gasteiger partial charge >= 0.3 is 18.1 Å². The fourth-order valence-electron chi connectivity index (χ4n) is 4.84. The van der Waals surface area contributed by atoms with Gasteiger partial charge in [-0.15, -0.1) is 0 Å². The van der Waals surface area contributed by atoms with Crippen molar-refractivity contribution in [3.63, 3.8) is 0 Å². The van der Waals surface area contributed by atoms with E-state index in [1.54, 1.807) is 0 Å². The first-order chi connectivity index (χ1) is 13.3. The average molecular weight is 394 g/mol. The van der Waals surface area contributed by atoms with Crippen molar-refractivity contribution in [2.45, 2.75) is 44.4 Å². The maximum absolute atomic E-state index is 13.0. The first-order valence-corrected chi connectivity index (χ1v) is 9.57. The Morgan fingerprint density at radius 2 is 1.86 bits per heavy atom. The molecule has 4 atom stereocenters. The van der Waals surface area contributed by atoms with Crippen LogP contribution in [0.4, 0.5) is 13.2 Å². The van der Waals surface area contributed by atoms with Gasteiger partial charge in [-0.05, 0) is 43.0 Å². The molecule has 0 amide bonds. The molecule has 0 saturated carbocycles. The summed E-state index contributed by atoms with van der Waals surface area (Å²) in [5.41, 5.74) is -0.372. The third kappa shape index (κ3) is 2.87. The van der Waals surface area contributed by atoms with Crippen LogP contribution in [-0.4, -0.2) is 18.5 Å². The van der Waals surface area contributed by atoms with Gasteiger partial charge in [0.25, 0.3) is 0 Å². The predicted octanol–water partition coefficient (Wildman–Crippen LogP) is 4.38. The van der Waals surface area contributed by atoms with Crippen LogP contribution in [-0.2, 0) is 30.8 Å². The summed E-state index contributed by atoms with van der Waals surface area (Å²) in [6, 6.07) is 4.90. The molecule has 4 rings (SSSR count). The molecule has 2 saturated heterocycles. The number of fused-ring (bicyclic) bond motifs is 3. The van der Waals surface area contributed by atoms with Crippen LogP contribution in [0.3, 0.4) is 0 Å². The molecular formula is C21H21F3O4. The Labute approximate surface area is 160 Å². The van der Waals surface area contributed by atoms with Crippen molar-refractivity contribution in [2.24, 2.45) is 17.8 Å². The van der Waals surface area contributed by atoms with E-state index in [-0.39, 0.29) is 5.92 Å². The molecule has 2 aliphatic heterocycles. The highest BCUT2D eigenvalue weighted by atomic mass is 19.4. The number of benzene rings is 1.